The Labute approximate surface area is 222 Å². The molecule has 0 bridgehead atoms. The Morgan fingerprint density at radius 1 is 1.09 bits per heavy atom. The third-order valence-electron chi connectivity index (χ3n) is 5.20. The number of benzene rings is 3. The molecule has 178 valence electrons. The monoisotopic (exact) mass is 567 g/mol. The molecule has 0 spiro atoms. The summed E-state index contributed by atoms with van der Waals surface area (Å²) >= 11 is 10.2. The van der Waals surface area contributed by atoms with Crippen LogP contribution in [0.4, 0.5) is 0 Å². The number of amides is 1. The van der Waals surface area contributed by atoms with Gasteiger partial charge in [0.15, 0.2) is 6.04 Å². The zero-order chi connectivity index (χ0) is 24.8. The Kier molecular flexibility index (Phi) is 8.38. The number of hydrogen-bond donors (Lipinski definition) is 0. The minimum Gasteiger partial charge on any atom is -0.488 e. The maximum atomic E-state index is 13.5. The molecule has 3 aromatic carbocycles. The summed E-state index contributed by atoms with van der Waals surface area (Å²) in [4.78, 5) is 28.1. The average Bonchev–Trinajstić information content (AvgIpc) is 3.13. The number of halogens is 1. The maximum absolute atomic E-state index is 13.5. The fourth-order valence-electron chi connectivity index (χ4n) is 3.59. The van der Waals surface area contributed by atoms with E-state index >= 15 is 0 Å². The molecule has 0 aromatic heterocycles. The van der Waals surface area contributed by atoms with Gasteiger partial charge in [-0.15, -0.1) is 0 Å². The SMILES string of the molecule is CCOC(=O)C(c1ccccc1)N1C(=O)/C(=C/c2cc(Br)ccc2OCc2ccccc2)SC1=S. The van der Waals surface area contributed by atoms with Crippen molar-refractivity contribution in [3.8, 4) is 5.75 Å². The molecular formula is C27H22BrNO4S2. The van der Waals surface area contributed by atoms with Crippen molar-refractivity contribution in [2.75, 3.05) is 6.61 Å². The fourth-order valence-corrected chi connectivity index (χ4v) is 5.27. The van der Waals surface area contributed by atoms with Crippen LogP contribution in [-0.2, 0) is 20.9 Å². The zero-order valence-corrected chi connectivity index (χ0v) is 22.1. The Balaban J connectivity index is 1.64. The normalized spacial score (nSPS) is 15.4. The number of ether oxygens (including phenoxy) is 2. The molecule has 1 amide bonds. The molecule has 1 aliphatic rings. The van der Waals surface area contributed by atoms with Gasteiger partial charge in [0, 0.05) is 10.0 Å². The van der Waals surface area contributed by atoms with Crippen molar-refractivity contribution in [3.63, 3.8) is 0 Å². The standard InChI is InChI=1S/C27H22BrNO4S2/c1-2-32-26(31)24(19-11-7-4-8-12-19)29-25(30)23(35-27(29)34)16-20-15-21(28)13-14-22(20)33-17-18-9-5-3-6-10-18/h3-16,24H,2,17H2,1H3/b23-16-. The number of hydrogen-bond acceptors (Lipinski definition) is 6. The van der Waals surface area contributed by atoms with Crippen molar-refractivity contribution < 1.29 is 19.1 Å². The van der Waals surface area contributed by atoms with E-state index in [1.54, 1.807) is 25.1 Å². The quantitative estimate of drug-likeness (QED) is 0.175. The van der Waals surface area contributed by atoms with Gasteiger partial charge >= 0.3 is 5.97 Å². The molecule has 1 atom stereocenters. The summed E-state index contributed by atoms with van der Waals surface area (Å²) in [5.41, 5.74) is 2.40. The second-order valence-electron chi connectivity index (χ2n) is 7.57. The van der Waals surface area contributed by atoms with Gasteiger partial charge in [-0.1, -0.05) is 101 Å². The van der Waals surface area contributed by atoms with Gasteiger partial charge in [-0.05, 0) is 42.3 Å². The van der Waals surface area contributed by atoms with Crippen LogP contribution in [-0.4, -0.2) is 27.7 Å². The van der Waals surface area contributed by atoms with Crippen LogP contribution < -0.4 is 4.74 Å². The van der Waals surface area contributed by atoms with Crippen LogP contribution in [0.5, 0.6) is 5.75 Å². The molecule has 0 saturated carbocycles. The topological polar surface area (TPSA) is 55.8 Å². The van der Waals surface area contributed by atoms with Crippen molar-refractivity contribution in [3.05, 3.63) is 105 Å². The highest BCUT2D eigenvalue weighted by molar-refractivity contribution is 9.10. The second kappa shape index (κ2) is 11.7. The largest absolute Gasteiger partial charge is 0.488 e. The minimum absolute atomic E-state index is 0.201. The van der Waals surface area contributed by atoms with E-state index in [4.69, 9.17) is 21.7 Å². The minimum atomic E-state index is -0.953. The van der Waals surface area contributed by atoms with Gasteiger partial charge in [-0.2, -0.15) is 0 Å². The third kappa shape index (κ3) is 6.01. The summed E-state index contributed by atoms with van der Waals surface area (Å²) in [5.74, 6) is -0.242. The average molecular weight is 569 g/mol. The van der Waals surface area contributed by atoms with Crippen molar-refractivity contribution >= 4 is 62.2 Å². The molecule has 8 heteroatoms. The summed E-state index contributed by atoms with van der Waals surface area (Å²) in [5, 5.41) is 0. The Hall–Kier alpha value is -2.94. The molecule has 1 aliphatic heterocycles. The van der Waals surface area contributed by atoms with Crippen molar-refractivity contribution in [2.45, 2.75) is 19.6 Å². The van der Waals surface area contributed by atoms with Gasteiger partial charge in [0.2, 0.25) is 0 Å². The molecule has 1 heterocycles. The molecule has 1 fully saturated rings. The van der Waals surface area contributed by atoms with Crippen molar-refractivity contribution in [1.82, 2.24) is 4.90 Å². The number of thioether (sulfide) groups is 1. The lowest BCUT2D eigenvalue weighted by molar-refractivity contribution is -0.151. The van der Waals surface area contributed by atoms with Gasteiger partial charge in [0.05, 0.1) is 11.5 Å². The molecule has 1 unspecified atom stereocenters. The molecular weight excluding hydrogens is 546 g/mol. The zero-order valence-electron chi connectivity index (χ0n) is 18.8. The Morgan fingerprint density at radius 3 is 2.46 bits per heavy atom. The van der Waals surface area contributed by atoms with Crippen LogP contribution >= 0.6 is 39.9 Å². The van der Waals surface area contributed by atoms with E-state index < -0.39 is 12.0 Å². The summed E-state index contributed by atoms with van der Waals surface area (Å²) in [6, 6.07) is 23.6. The van der Waals surface area contributed by atoms with E-state index in [1.165, 1.54) is 4.90 Å². The first-order valence-corrected chi connectivity index (χ1v) is 12.9. The van der Waals surface area contributed by atoms with Gasteiger partial charge in [-0.3, -0.25) is 9.69 Å². The fraction of sp³-hybridized carbons (Fsp3) is 0.148. The highest BCUT2D eigenvalue weighted by atomic mass is 79.9. The van der Waals surface area contributed by atoms with Crippen LogP contribution in [0.2, 0.25) is 0 Å². The van der Waals surface area contributed by atoms with E-state index in [-0.39, 0.29) is 12.5 Å². The first-order valence-electron chi connectivity index (χ1n) is 10.9. The van der Waals surface area contributed by atoms with E-state index in [0.717, 1.165) is 27.4 Å². The lowest BCUT2D eigenvalue weighted by Gasteiger charge is -2.25. The molecule has 35 heavy (non-hydrogen) atoms. The Morgan fingerprint density at radius 2 is 1.77 bits per heavy atom. The molecule has 0 radical (unpaired) electrons. The van der Waals surface area contributed by atoms with E-state index in [2.05, 4.69) is 15.9 Å². The predicted molar refractivity (Wildman–Crippen MR) is 146 cm³/mol. The maximum Gasteiger partial charge on any atom is 0.333 e. The summed E-state index contributed by atoms with van der Waals surface area (Å²) < 4.78 is 12.5. The molecule has 5 nitrogen and oxygen atoms in total. The van der Waals surface area contributed by atoms with E-state index in [0.29, 0.717) is 27.1 Å². The van der Waals surface area contributed by atoms with Crippen LogP contribution in [0.3, 0.4) is 0 Å². The van der Waals surface area contributed by atoms with Crippen molar-refractivity contribution in [2.24, 2.45) is 0 Å². The number of thiocarbonyl (C=S) groups is 1. The van der Waals surface area contributed by atoms with E-state index in [1.807, 2.05) is 66.7 Å². The summed E-state index contributed by atoms with van der Waals surface area (Å²) in [6.07, 6.45) is 1.75. The molecule has 0 N–H and O–H groups in total. The highest BCUT2D eigenvalue weighted by Crippen LogP contribution is 2.40. The highest BCUT2D eigenvalue weighted by Gasteiger charge is 2.42. The molecule has 1 saturated heterocycles. The van der Waals surface area contributed by atoms with Crippen molar-refractivity contribution in [1.29, 1.82) is 0 Å². The van der Waals surface area contributed by atoms with Crippen LogP contribution in [0.1, 0.15) is 29.7 Å². The molecule has 0 aliphatic carbocycles. The van der Waals surface area contributed by atoms with Crippen LogP contribution in [0.25, 0.3) is 6.08 Å². The van der Waals surface area contributed by atoms with E-state index in [9.17, 15) is 9.59 Å². The predicted octanol–water partition coefficient (Wildman–Crippen LogP) is 6.53. The lowest BCUT2D eigenvalue weighted by atomic mass is 10.1. The first kappa shape index (κ1) is 25.2. The third-order valence-corrected chi connectivity index (χ3v) is 7.03. The number of carbonyl (C=O) groups excluding carboxylic acids is 2. The first-order chi connectivity index (χ1) is 17.0. The number of nitrogens with zero attached hydrogens (tertiary/aromatic N) is 1. The molecule has 4 rings (SSSR count). The van der Waals surface area contributed by atoms with Gasteiger partial charge in [0.1, 0.15) is 16.7 Å². The van der Waals surface area contributed by atoms with Gasteiger partial charge < -0.3 is 9.47 Å². The summed E-state index contributed by atoms with van der Waals surface area (Å²) in [7, 11) is 0. The van der Waals surface area contributed by atoms with Gasteiger partial charge in [0.25, 0.3) is 5.91 Å². The summed E-state index contributed by atoms with van der Waals surface area (Å²) in [6.45, 7) is 2.32. The van der Waals surface area contributed by atoms with Crippen LogP contribution in [0, 0.1) is 0 Å². The van der Waals surface area contributed by atoms with Gasteiger partial charge in [-0.25, -0.2) is 4.79 Å². The Bertz CT molecular complexity index is 1260. The van der Waals surface area contributed by atoms with Crippen LogP contribution in [0.15, 0.2) is 88.2 Å². The number of esters is 1. The smallest absolute Gasteiger partial charge is 0.333 e. The lowest BCUT2D eigenvalue weighted by Crippen LogP contribution is -2.38. The number of rotatable bonds is 8. The number of carbonyl (C=O) groups is 2. The molecule has 3 aromatic rings. The second-order valence-corrected chi connectivity index (χ2v) is 10.2.